The summed E-state index contributed by atoms with van der Waals surface area (Å²) in [5.41, 5.74) is 1.04. The van der Waals surface area contributed by atoms with E-state index in [0.29, 0.717) is 11.1 Å². The van der Waals surface area contributed by atoms with Crippen molar-refractivity contribution in [2.24, 2.45) is 0 Å². The highest BCUT2D eigenvalue weighted by Crippen LogP contribution is 2.09. The van der Waals surface area contributed by atoms with Crippen LogP contribution in [0.2, 0.25) is 0 Å². The minimum Gasteiger partial charge on any atom is -0.392 e. The summed E-state index contributed by atoms with van der Waals surface area (Å²) < 4.78 is 39.2. The first-order valence-corrected chi connectivity index (χ1v) is 7.29. The number of sulfonamides is 1. The van der Waals surface area contributed by atoms with Gasteiger partial charge in [-0.15, -0.1) is 0 Å². The smallest absolute Gasteiger partial charge is 0.258 e. The van der Waals surface area contributed by atoms with Gasteiger partial charge in [0, 0.05) is 12.7 Å². The summed E-state index contributed by atoms with van der Waals surface area (Å²) in [5, 5.41) is 8.72. The number of nitrogens with one attached hydrogen (secondary N) is 1. The van der Waals surface area contributed by atoms with Crippen LogP contribution in [-0.2, 0) is 23.2 Å². The minimum absolute atomic E-state index is 0.0243. The van der Waals surface area contributed by atoms with Gasteiger partial charge in [-0.2, -0.15) is 0 Å². The molecule has 0 aliphatic heterocycles. The Balaban J connectivity index is 2.10. The van der Waals surface area contributed by atoms with Crippen molar-refractivity contribution in [2.75, 3.05) is 0 Å². The summed E-state index contributed by atoms with van der Waals surface area (Å²) in [7, 11) is -3.76. The molecule has 0 bridgehead atoms. The Morgan fingerprint density at radius 3 is 2.60 bits per heavy atom. The van der Waals surface area contributed by atoms with Crippen molar-refractivity contribution in [2.45, 2.75) is 18.2 Å². The lowest BCUT2D eigenvalue weighted by Crippen LogP contribution is -2.24. The molecule has 20 heavy (non-hydrogen) atoms. The van der Waals surface area contributed by atoms with E-state index in [1.54, 1.807) is 6.07 Å². The molecule has 2 rings (SSSR count). The molecule has 0 aliphatic rings. The number of pyridine rings is 1. The maximum atomic E-state index is 13.0. The predicted molar refractivity (Wildman–Crippen MR) is 70.6 cm³/mol. The van der Waals surface area contributed by atoms with E-state index in [1.807, 2.05) is 0 Å². The molecule has 2 aromatic rings. The maximum Gasteiger partial charge on any atom is 0.258 e. The first-order valence-electron chi connectivity index (χ1n) is 5.81. The van der Waals surface area contributed by atoms with Crippen LogP contribution in [0.4, 0.5) is 4.39 Å². The Morgan fingerprint density at radius 2 is 2.00 bits per heavy atom. The summed E-state index contributed by atoms with van der Waals surface area (Å²) in [6.07, 6.45) is 1.29. The fraction of sp³-hybridized carbons (Fsp3) is 0.154. The first kappa shape index (κ1) is 14.6. The van der Waals surface area contributed by atoms with E-state index in [-0.39, 0.29) is 18.2 Å². The lowest BCUT2D eigenvalue weighted by molar-refractivity contribution is 0.281. The molecule has 0 amide bonds. The molecule has 0 unspecified atom stereocenters. The van der Waals surface area contributed by atoms with Gasteiger partial charge >= 0.3 is 0 Å². The zero-order valence-electron chi connectivity index (χ0n) is 10.5. The van der Waals surface area contributed by atoms with Crippen LogP contribution in [0.1, 0.15) is 11.1 Å². The largest absolute Gasteiger partial charge is 0.392 e. The van der Waals surface area contributed by atoms with Crippen LogP contribution in [0, 0.1) is 5.82 Å². The molecular formula is C13H13FN2O3S. The van der Waals surface area contributed by atoms with Gasteiger partial charge in [-0.05, 0) is 29.3 Å². The van der Waals surface area contributed by atoms with Crippen molar-refractivity contribution in [1.82, 2.24) is 9.71 Å². The van der Waals surface area contributed by atoms with Crippen LogP contribution in [0.5, 0.6) is 0 Å². The van der Waals surface area contributed by atoms with E-state index in [1.165, 1.54) is 36.5 Å². The Hall–Kier alpha value is -1.83. The first-order chi connectivity index (χ1) is 9.51. The zero-order valence-corrected chi connectivity index (χ0v) is 11.3. The Bertz CT molecular complexity index is 687. The maximum absolute atomic E-state index is 13.0. The van der Waals surface area contributed by atoms with Crippen molar-refractivity contribution in [3.63, 3.8) is 0 Å². The molecule has 0 spiro atoms. The molecule has 0 aliphatic carbocycles. The van der Waals surface area contributed by atoms with Gasteiger partial charge in [0.25, 0.3) is 10.0 Å². The van der Waals surface area contributed by atoms with E-state index >= 15 is 0 Å². The van der Waals surface area contributed by atoms with E-state index < -0.39 is 15.8 Å². The summed E-state index contributed by atoms with van der Waals surface area (Å²) >= 11 is 0. The molecule has 0 saturated heterocycles. The number of benzene rings is 1. The van der Waals surface area contributed by atoms with Crippen LogP contribution in [0.15, 0.2) is 47.6 Å². The van der Waals surface area contributed by atoms with Crippen molar-refractivity contribution in [1.29, 1.82) is 0 Å². The fourth-order valence-electron chi connectivity index (χ4n) is 1.56. The number of aliphatic hydroxyl groups is 1. The minimum atomic E-state index is -3.76. The van der Waals surface area contributed by atoms with Crippen LogP contribution in [0.3, 0.4) is 0 Å². The van der Waals surface area contributed by atoms with Crippen LogP contribution >= 0.6 is 0 Å². The van der Waals surface area contributed by atoms with Crippen molar-refractivity contribution in [3.05, 3.63) is 59.5 Å². The molecule has 1 heterocycles. The van der Waals surface area contributed by atoms with Crippen LogP contribution < -0.4 is 4.72 Å². The van der Waals surface area contributed by atoms with Crippen molar-refractivity contribution >= 4 is 10.0 Å². The van der Waals surface area contributed by atoms with Gasteiger partial charge in [0.2, 0.25) is 0 Å². The predicted octanol–water partition coefficient (Wildman–Crippen LogP) is 1.19. The van der Waals surface area contributed by atoms with Crippen LogP contribution in [0.25, 0.3) is 0 Å². The van der Waals surface area contributed by atoms with Gasteiger partial charge in [0.15, 0.2) is 5.03 Å². The number of aliphatic hydroxyl groups excluding tert-OH is 1. The van der Waals surface area contributed by atoms with E-state index in [0.717, 1.165) is 0 Å². The SMILES string of the molecule is O=S(=O)(NCc1cccc(F)c1)c1ccc(CO)cn1. The molecule has 7 heteroatoms. The van der Waals surface area contributed by atoms with Gasteiger partial charge in [-0.25, -0.2) is 22.5 Å². The Morgan fingerprint density at radius 1 is 1.20 bits per heavy atom. The molecule has 5 nitrogen and oxygen atoms in total. The van der Waals surface area contributed by atoms with E-state index in [9.17, 15) is 12.8 Å². The topological polar surface area (TPSA) is 79.3 Å². The van der Waals surface area contributed by atoms with Gasteiger partial charge in [0.05, 0.1) is 6.61 Å². The zero-order chi connectivity index (χ0) is 14.6. The number of halogens is 1. The number of aromatic nitrogens is 1. The third-order valence-corrected chi connectivity index (χ3v) is 3.93. The molecule has 1 aromatic carbocycles. The van der Waals surface area contributed by atoms with Gasteiger partial charge in [0.1, 0.15) is 5.82 Å². The molecule has 0 atom stereocenters. The second-order valence-electron chi connectivity index (χ2n) is 4.12. The number of rotatable bonds is 5. The molecular weight excluding hydrogens is 283 g/mol. The Labute approximate surface area is 116 Å². The second kappa shape index (κ2) is 6.08. The highest BCUT2D eigenvalue weighted by Gasteiger charge is 2.15. The average molecular weight is 296 g/mol. The number of hydrogen-bond acceptors (Lipinski definition) is 4. The third kappa shape index (κ3) is 3.60. The van der Waals surface area contributed by atoms with Gasteiger partial charge in [-0.1, -0.05) is 18.2 Å². The lowest BCUT2D eigenvalue weighted by atomic mass is 10.2. The van der Waals surface area contributed by atoms with Gasteiger partial charge in [-0.3, -0.25) is 0 Å². The summed E-state index contributed by atoms with van der Waals surface area (Å²) in [5.74, 6) is -0.424. The summed E-state index contributed by atoms with van der Waals surface area (Å²) in [6, 6.07) is 8.45. The number of hydrogen-bond donors (Lipinski definition) is 2. The molecule has 0 radical (unpaired) electrons. The highest BCUT2D eigenvalue weighted by atomic mass is 32.2. The van der Waals surface area contributed by atoms with E-state index in [4.69, 9.17) is 5.11 Å². The molecule has 0 fully saturated rings. The highest BCUT2D eigenvalue weighted by molar-refractivity contribution is 7.89. The Kier molecular flexibility index (Phi) is 4.43. The van der Waals surface area contributed by atoms with Crippen molar-refractivity contribution in [3.8, 4) is 0 Å². The molecule has 1 aromatic heterocycles. The fourth-order valence-corrected chi connectivity index (χ4v) is 2.51. The van der Waals surface area contributed by atoms with Crippen molar-refractivity contribution < 1.29 is 17.9 Å². The standard InChI is InChI=1S/C13H13FN2O3S/c14-12-3-1-2-10(6-12)8-16-20(18,19)13-5-4-11(9-17)7-15-13/h1-7,16-17H,8-9H2. The molecule has 2 N–H and O–H groups in total. The summed E-state index contributed by atoms with van der Waals surface area (Å²) in [6.45, 7) is -0.229. The normalized spacial score (nSPS) is 11.5. The van der Waals surface area contributed by atoms with Gasteiger partial charge < -0.3 is 5.11 Å². The monoisotopic (exact) mass is 296 g/mol. The number of nitrogens with zero attached hydrogens (tertiary/aromatic N) is 1. The van der Waals surface area contributed by atoms with E-state index in [2.05, 4.69) is 9.71 Å². The quantitative estimate of drug-likeness (QED) is 0.868. The third-order valence-electron chi connectivity index (χ3n) is 2.61. The summed E-state index contributed by atoms with van der Waals surface area (Å²) in [4.78, 5) is 3.77. The molecule has 0 saturated carbocycles. The lowest BCUT2D eigenvalue weighted by Gasteiger charge is -2.06. The average Bonchev–Trinajstić information content (AvgIpc) is 2.45. The van der Waals surface area contributed by atoms with Crippen LogP contribution in [-0.4, -0.2) is 18.5 Å². The molecule has 106 valence electrons. The second-order valence-corrected chi connectivity index (χ2v) is 5.83.